The number of nitrogens with one attached hydrogen (secondary N) is 1. The second-order valence-electron chi connectivity index (χ2n) is 4.73. The summed E-state index contributed by atoms with van der Waals surface area (Å²) in [5, 5.41) is 3.40. The lowest BCUT2D eigenvalue weighted by Gasteiger charge is -2.29. The fraction of sp³-hybridized carbons (Fsp3) is 0.833. The first-order chi connectivity index (χ1) is 7.34. The largest absolute Gasteiger partial charge is 0.314 e. The third kappa shape index (κ3) is 3.59. The Morgan fingerprint density at radius 3 is 2.80 bits per heavy atom. The van der Waals surface area contributed by atoms with Gasteiger partial charge in [0, 0.05) is 45.8 Å². The minimum Gasteiger partial charge on any atom is -0.314 e. The molecule has 3 heteroatoms. The van der Waals surface area contributed by atoms with Gasteiger partial charge < -0.3 is 15.1 Å². The molecule has 0 amide bonds. The Morgan fingerprint density at radius 2 is 2.07 bits per heavy atom. The van der Waals surface area contributed by atoms with Gasteiger partial charge in [-0.3, -0.25) is 0 Å². The SMILES string of the molecule is CN1CCC=C(CCN2CCNCC2)C1. The lowest BCUT2D eigenvalue weighted by atomic mass is 10.1. The minimum atomic E-state index is 1.17. The van der Waals surface area contributed by atoms with E-state index >= 15 is 0 Å². The van der Waals surface area contributed by atoms with Gasteiger partial charge in [0.1, 0.15) is 0 Å². The Kier molecular flexibility index (Phi) is 4.18. The fourth-order valence-corrected chi connectivity index (χ4v) is 2.40. The summed E-state index contributed by atoms with van der Waals surface area (Å²) in [7, 11) is 2.22. The van der Waals surface area contributed by atoms with Crippen molar-refractivity contribution >= 4 is 0 Å². The molecular weight excluding hydrogens is 186 g/mol. The van der Waals surface area contributed by atoms with Gasteiger partial charge in [-0.25, -0.2) is 0 Å². The zero-order valence-corrected chi connectivity index (χ0v) is 9.84. The van der Waals surface area contributed by atoms with Crippen LogP contribution in [0.15, 0.2) is 11.6 Å². The van der Waals surface area contributed by atoms with Crippen LogP contribution in [0.1, 0.15) is 12.8 Å². The molecule has 0 atom stereocenters. The molecular formula is C12H23N3. The molecule has 0 saturated carbocycles. The van der Waals surface area contributed by atoms with Crippen LogP contribution in [0.4, 0.5) is 0 Å². The summed E-state index contributed by atoms with van der Waals surface area (Å²) in [6.07, 6.45) is 4.96. The van der Waals surface area contributed by atoms with Crippen LogP contribution >= 0.6 is 0 Å². The maximum atomic E-state index is 3.40. The van der Waals surface area contributed by atoms with Crippen molar-refractivity contribution in [1.29, 1.82) is 0 Å². The van der Waals surface area contributed by atoms with Gasteiger partial charge in [0.2, 0.25) is 0 Å². The number of hydrogen-bond donors (Lipinski definition) is 1. The van der Waals surface area contributed by atoms with Crippen molar-refractivity contribution in [3.63, 3.8) is 0 Å². The fourth-order valence-electron chi connectivity index (χ4n) is 2.40. The molecule has 0 spiro atoms. The van der Waals surface area contributed by atoms with Gasteiger partial charge >= 0.3 is 0 Å². The van der Waals surface area contributed by atoms with Crippen molar-refractivity contribution in [2.45, 2.75) is 12.8 Å². The highest BCUT2D eigenvalue weighted by molar-refractivity contribution is 5.08. The molecule has 0 aromatic heterocycles. The Morgan fingerprint density at radius 1 is 1.27 bits per heavy atom. The van der Waals surface area contributed by atoms with E-state index in [4.69, 9.17) is 0 Å². The van der Waals surface area contributed by atoms with E-state index in [1.165, 1.54) is 58.7 Å². The lowest BCUT2D eigenvalue weighted by molar-refractivity contribution is 0.240. The molecule has 2 rings (SSSR count). The molecule has 0 unspecified atom stereocenters. The first-order valence-corrected chi connectivity index (χ1v) is 6.14. The average molecular weight is 209 g/mol. The third-order valence-corrected chi connectivity index (χ3v) is 3.38. The van der Waals surface area contributed by atoms with Crippen LogP contribution in [0.2, 0.25) is 0 Å². The standard InChI is InChI=1S/C12H23N3/c1-14-7-2-3-12(11-14)4-8-15-9-5-13-6-10-15/h3,13H,2,4-11H2,1H3. The van der Waals surface area contributed by atoms with E-state index in [2.05, 4.69) is 28.2 Å². The number of hydrogen-bond acceptors (Lipinski definition) is 3. The highest BCUT2D eigenvalue weighted by atomic mass is 15.2. The van der Waals surface area contributed by atoms with Gasteiger partial charge in [-0.2, -0.15) is 0 Å². The van der Waals surface area contributed by atoms with E-state index in [0.29, 0.717) is 0 Å². The molecule has 3 nitrogen and oxygen atoms in total. The summed E-state index contributed by atoms with van der Waals surface area (Å²) in [4.78, 5) is 5.00. The van der Waals surface area contributed by atoms with Gasteiger partial charge in [-0.05, 0) is 19.9 Å². The highest BCUT2D eigenvalue weighted by Crippen LogP contribution is 2.12. The first-order valence-electron chi connectivity index (χ1n) is 6.14. The summed E-state index contributed by atoms with van der Waals surface area (Å²) >= 11 is 0. The van der Waals surface area contributed by atoms with Gasteiger partial charge in [0.05, 0.1) is 0 Å². The van der Waals surface area contributed by atoms with E-state index in [-0.39, 0.29) is 0 Å². The van der Waals surface area contributed by atoms with E-state index in [1.807, 2.05) is 0 Å². The number of piperazine rings is 1. The molecule has 15 heavy (non-hydrogen) atoms. The van der Waals surface area contributed by atoms with E-state index in [9.17, 15) is 0 Å². The zero-order valence-electron chi connectivity index (χ0n) is 9.84. The topological polar surface area (TPSA) is 18.5 Å². The molecule has 2 aliphatic rings. The normalized spacial score (nSPS) is 25.3. The minimum absolute atomic E-state index is 1.17. The maximum Gasteiger partial charge on any atom is 0.0190 e. The summed E-state index contributed by atoms with van der Waals surface area (Å²) in [5.41, 5.74) is 1.64. The molecule has 0 aromatic carbocycles. The van der Waals surface area contributed by atoms with Gasteiger partial charge in [-0.1, -0.05) is 11.6 Å². The number of rotatable bonds is 3. The molecule has 0 radical (unpaired) electrons. The van der Waals surface area contributed by atoms with Gasteiger partial charge in [-0.15, -0.1) is 0 Å². The number of likely N-dealkylation sites (N-methyl/N-ethyl adjacent to an activating group) is 1. The van der Waals surface area contributed by atoms with Gasteiger partial charge in [0.15, 0.2) is 0 Å². The predicted molar refractivity (Wildman–Crippen MR) is 64.1 cm³/mol. The predicted octanol–water partition coefficient (Wildman–Crippen LogP) is 0.544. The second-order valence-corrected chi connectivity index (χ2v) is 4.73. The Bertz CT molecular complexity index is 219. The molecule has 2 heterocycles. The van der Waals surface area contributed by atoms with Crippen LogP contribution in [0.3, 0.4) is 0 Å². The van der Waals surface area contributed by atoms with Crippen molar-refractivity contribution < 1.29 is 0 Å². The van der Waals surface area contributed by atoms with E-state index in [1.54, 1.807) is 5.57 Å². The Labute approximate surface area is 93.1 Å². The van der Waals surface area contributed by atoms with Crippen LogP contribution in [0, 0.1) is 0 Å². The van der Waals surface area contributed by atoms with Crippen molar-refractivity contribution in [3.8, 4) is 0 Å². The second kappa shape index (κ2) is 5.64. The lowest BCUT2D eigenvalue weighted by Crippen LogP contribution is -2.44. The molecule has 0 aromatic rings. The smallest absolute Gasteiger partial charge is 0.0190 e. The van der Waals surface area contributed by atoms with Crippen LogP contribution < -0.4 is 5.32 Å². The maximum absolute atomic E-state index is 3.40. The first kappa shape index (κ1) is 11.1. The van der Waals surface area contributed by atoms with E-state index in [0.717, 1.165) is 0 Å². The quantitative estimate of drug-likeness (QED) is 0.685. The summed E-state index contributed by atoms with van der Waals surface area (Å²) in [6.45, 7) is 8.45. The highest BCUT2D eigenvalue weighted by Gasteiger charge is 2.12. The van der Waals surface area contributed by atoms with Crippen molar-refractivity contribution in [2.75, 3.05) is 52.9 Å². The average Bonchev–Trinajstić information content (AvgIpc) is 2.28. The molecule has 86 valence electrons. The molecule has 1 N–H and O–H groups in total. The summed E-state index contributed by atoms with van der Waals surface area (Å²) < 4.78 is 0. The van der Waals surface area contributed by atoms with Crippen molar-refractivity contribution in [3.05, 3.63) is 11.6 Å². The molecule has 1 saturated heterocycles. The van der Waals surface area contributed by atoms with Crippen molar-refractivity contribution in [2.24, 2.45) is 0 Å². The van der Waals surface area contributed by atoms with Crippen LogP contribution in [0.25, 0.3) is 0 Å². The van der Waals surface area contributed by atoms with E-state index < -0.39 is 0 Å². The number of nitrogens with zero attached hydrogens (tertiary/aromatic N) is 2. The molecule has 0 aliphatic carbocycles. The summed E-state index contributed by atoms with van der Waals surface area (Å²) in [6, 6.07) is 0. The summed E-state index contributed by atoms with van der Waals surface area (Å²) in [5.74, 6) is 0. The molecule has 2 aliphatic heterocycles. The van der Waals surface area contributed by atoms with Gasteiger partial charge in [0.25, 0.3) is 0 Å². The Hall–Kier alpha value is -0.380. The third-order valence-electron chi connectivity index (χ3n) is 3.38. The van der Waals surface area contributed by atoms with Crippen LogP contribution in [-0.2, 0) is 0 Å². The Balaban J connectivity index is 1.70. The zero-order chi connectivity index (χ0) is 10.5. The monoisotopic (exact) mass is 209 g/mol. The molecule has 0 bridgehead atoms. The van der Waals surface area contributed by atoms with Crippen LogP contribution in [-0.4, -0.2) is 62.7 Å². The van der Waals surface area contributed by atoms with Crippen molar-refractivity contribution in [1.82, 2.24) is 15.1 Å². The van der Waals surface area contributed by atoms with Crippen LogP contribution in [0.5, 0.6) is 0 Å². The molecule has 1 fully saturated rings.